The van der Waals surface area contributed by atoms with Crippen molar-refractivity contribution in [3.05, 3.63) is 49.8 Å². The van der Waals surface area contributed by atoms with E-state index in [1.807, 2.05) is 13.0 Å². The summed E-state index contributed by atoms with van der Waals surface area (Å²) in [5, 5.41) is 16.9. The lowest BCUT2D eigenvalue weighted by Crippen LogP contribution is -2.43. The van der Waals surface area contributed by atoms with Crippen LogP contribution in [0.5, 0.6) is 5.75 Å². The molecular weight excluding hydrogens is 554 g/mol. The lowest BCUT2D eigenvalue weighted by atomic mass is 10.0. The number of hydrogen-bond acceptors (Lipinski definition) is 11. The number of fused-ring (bicyclic) bond motifs is 3. The third-order valence-corrected chi connectivity index (χ3v) is 8.35. The first kappa shape index (κ1) is 25.0. The molecule has 198 valence electrons. The predicted octanol–water partition coefficient (Wildman–Crippen LogP) is 2.69. The van der Waals surface area contributed by atoms with Crippen molar-refractivity contribution in [3.8, 4) is 5.75 Å². The number of thiazole rings is 1. The van der Waals surface area contributed by atoms with Crippen LogP contribution in [0.3, 0.4) is 0 Å². The number of carboxylic acids is 1. The van der Waals surface area contributed by atoms with Gasteiger partial charge in [0.05, 0.1) is 24.6 Å². The minimum atomic E-state index is -1.13. The zero-order valence-corrected chi connectivity index (χ0v) is 22.6. The van der Waals surface area contributed by atoms with E-state index in [9.17, 15) is 14.7 Å². The van der Waals surface area contributed by atoms with Gasteiger partial charge in [0.25, 0.3) is 5.91 Å². The van der Waals surface area contributed by atoms with Crippen LogP contribution < -0.4 is 9.64 Å². The monoisotopic (exact) mass is 575 g/mol. The fourth-order valence-corrected chi connectivity index (χ4v) is 6.48. The molecule has 0 saturated carbocycles. The van der Waals surface area contributed by atoms with E-state index in [0.717, 1.165) is 34.6 Å². The molecule has 6 heterocycles. The smallest absolute Gasteiger partial charge is 0.355 e. The van der Waals surface area contributed by atoms with Gasteiger partial charge < -0.3 is 24.4 Å². The topological polar surface area (TPSA) is 135 Å². The number of rotatable bonds is 6. The Morgan fingerprint density at radius 3 is 2.76 bits per heavy atom. The average Bonchev–Trinajstić information content (AvgIpc) is 3.62. The first-order valence-electron chi connectivity index (χ1n) is 11.8. The van der Waals surface area contributed by atoms with Crippen LogP contribution in [0.25, 0.3) is 4.96 Å². The number of anilines is 1. The lowest BCUT2D eigenvalue weighted by Gasteiger charge is -2.34. The maximum atomic E-state index is 13.5. The van der Waals surface area contributed by atoms with E-state index in [0.29, 0.717) is 42.6 Å². The van der Waals surface area contributed by atoms with Gasteiger partial charge in [0, 0.05) is 31.4 Å². The fraction of sp³-hybridized carbons (Fsp3) is 0.391. The van der Waals surface area contributed by atoms with Crippen LogP contribution in [0.4, 0.5) is 5.82 Å². The van der Waals surface area contributed by atoms with Gasteiger partial charge in [0.15, 0.2) is 23.2 Å². The maximum Gasteiger partial charge on any atom is 0.355 e. The Morgan fingerprint density at radius 2 is 2.03 bits per heavy atom. The molecule has 2 aliphatic heterocycles. The number of halogens is 1. The second kappa shape index (κ2) is 10.1. The molecule has 4 aromatic rings. The normalized spacial score (nSPS) is 17.6. The average molecular weight is 576 g/mol. The lowest BCUT2D eigenvalue weighted by molar-refractivity contribution is -0.135. The molecule has 1 amide bonds. The number of aromatic carboxylic acids is 1. The Balaban J connectivity index is 1.26. The van der Waals surface area contributed by atoms with Gasteiger partial charge in [-0.1, -0.05) is 22.9 Å². The minimum absolute atomic E-state index is 0.0748. The SMILES string of the molecule is Cc1nn2c3c(nc2s1)CCN(C(=O)COc1ccc(N2CCOCC2)nc1Cl)C3c1nc(C(=O)O)cs1. The molecule has 1 unspecified atom stereocenters. The quantitative estimate of drug-likeness (QED) is 0.342. The van der Waals surface area contributed by atoms with E-state index in [2.05, 4.69) is 20.0 Å². The third-order valence-electron chi connectivity index (χ3n) is 6.36. The standard InChI is InChI=1S/C23H22ClN7O5S2/c1-12-28-31-18-13(26-23(31)38-12)4-5-30(19(18)21-25-14(11-37-21)22(33)34)17(32)10-36-15-2-3-16(27-20(15)24)29-6-8-35-9-7-29/h2-3,11,19H,4-10H2,1H3,(H,33,34). The number of aryl methyl sites for hydroxylation is 1. The van der Waals surface area contributed by atoms with Crippen molar-refractivity contribution in [2.24, 2.45) is 0 Å². The summed E-state index contributed by atoms with van der Waals surface area (Å²) in [6.45, 7) is 4.67. The summed E-state index contributed by atoms with van der Waals surface area (Å²) in [5.41, 5.74) is 1.45. The van der Waals surface area contributed by atoms with E-state index < -0.39 is 12.0 Å². The summed E-state index contributed by atoms with van der Waals surface area (Å²) < 4.78 is 12.9. The van der Waals surface area contributed by atoms with Crippen molar-refractivity contribution in [1.29, 1.82) is 0 Å². The Bertz CT molecular complexity index is 1530. The molecule has 0 aliphatic carbocycles. The van der Waals surface area contributed by atoms with Crippen LogP contribution in [0, 0.1) is 6.92 Å². The van der Waals surface area contributed by atoms with Crippen molar-refractivity contribution in [2.45, 2.75) is 19.4 Å². The van der Waals surface area contributed by atoms with Crippen LogP contribution >= 0.6 is 34.3 Å². The number of pyridine rings is 1. The Labute approximate surface area is 229 Å². The summed E-state index contributed by atoms with van der Waals surface area (Å²) in [6, 6.07) is 2.86. The first-order valence-corrected chi connectivity index (χ1v) is 13.9. The molecule has 1 atom stereocenters. The molecule has 4 aromatic heterocycles. The second-order valence-corrected chi connectivity index (χ2v) is 11.1. The highest BCUT2D eigenvalue weighted by Gasteiger charge is 2.39. The largest absolute Gasteiger partial charge is 0.481 e. The predicted molar refractivity (Wildman–Crippen MR) is 140 cm³/mol. The number of nitrogens with zero attached hydrogens (tertiary/aromatic N) is 7. The number of aromatic nitrogens is 5. The number of carbonyl (C=O) groups excluding carboxylic acids is 1. The van der Waals surface area contributed by atoms with Gasteiger partial charge in [-0.2, -0.15) is 5.10 Å². The maximum absolute atomic E-state index is 13.5. The molecule has 1 N–H and O–H groups in total. The number of imidazole rings is 1. The van der Waals surface area contributed by atoms with Crippen molar-refractivity contribution < 1.29 is 24.2 Å². The molecule has 1 saturated heterocycles. The van der Waals surface area contributed by atoms with Crippen LogP contribution in [-0.2, 0) is 16.0 Å². The molecule has 0 radical (unpaired) electrons. The van der Waals surface area contributed by atoms with Gasteiger partial charge in [-0.25, -0.2) is 24.3 Å². The van der Waals surface area contributed by atoms with Gasteiger partial charge in [-0.05, 0) is 19.1 Å². The highest BCUT2D eigenvalue weighted by molar-refractivity contribution is 7.16. The molecule has 0 bridgehead atoms. The van der Waals surface area contributed by atoms with Crippen molar-refractivity contribution in [3.63, 3.8) is 0 Å². The van der Waals surface area contributed by atoms with Gasteiger partial charge in [-0.15, -0.1) is 11.3 Å². The summed E-state index contributed by atoms with van der Waals surface area (Å²) in [4.78, 5) is 42.9. The van der Waals surface area contributed by atoms with E-state index in [4.69, 9.17) is 26.1 Å². The second-order valence-electron chi connectivity index (χ2n) is 8.72. The Morgan fingerprint density at radius 1 is 1.21 bits per heavy atom. The number of hydrogen-bond donors (Lipinski definition) is 1. The minimum Gasteiger partial charge on any atom is -0.481 e. The van der Waals surface area contributed by atoms with Crippen molar-refractivity contribution >= 4 is 56.9 Å². The van der Waals surface area contributed by atoms with Crippen LogP contribution in [0.2, 0.25) is 5.15 Å². The number of amides is 1. The van der Waals surface area contributed by atoms with Crippen LogP contribution in [-0.4, -0.2) is 85.9 Å². The highest BCUT2D eigenvalue weighted by atomic mass is 35.5. The zero-order valence-electron chi connectivity index (χ0n) is 20.2. The molecule has 0 aromatic carbocycles. The van der Waals surface area contributed by atoms with E-state index in [-0.39, 0.29) is 23.4 Å². The zero-order chi connectivity index (χ0) is 26.4. The number of carbonyl (C=O) groups is 2. The summed E-state index contributed by atoms with van der Waals surface area (Å²) in [5.74, 6) is -0.407. The van der Waals surface area contributed by atoms with E-state index in [1.165, 1.54) is 28.1 Å². The Hall–Kier alpha value is -3.33. The molecule has 6 rings (SSSR count). The van der Waals surface area contributed by atoms with Crippen molar-refractivity contribution in [1.82, 2.24) is 29.5 Å². The number of ether oxygens (including phenoxy) is 2. The first-order chi connectivity index (χ1) is 18.4. The van der Waals surface area contributed by atoms with Gasteiger partial charge in [-0.3, -0.25) is 4.79 Å². The van der Waals surface area contributed by atoms with Gasteiger partial charge >= 0.3 is 5.97 Å². The van der Waals surface area contributed by atoms with Gasteiger partial charge in [0.2, 0.25) is 4.96 Å². The number of morpholine rings is 1. The van der Waals surface area contributed by atoms with Crippen LogP contribution in [0.1, 0.15) is 37.9 Å². The van der Waals surface area contributed by atoms with Gasteiger partial charge in [0.1, 0.15) is 21.9 Å². The third kappa shape index (κ3) is 4.57. The van der Waals surface area contributed by atoms with E-state index >= 15 is 0 Å². The molecule has 38 heavy (non-hydrogen) atoms. The molecule has 15 heteroatoms. The van der Waals surface area contributed by atoms with E-state index in [1.54, 1.807) is 15.5 Å². The molecular formula is C23H22ClN7O5S2. The fourth-order valence-electron chi connectivity index (χ4n) is 4.60. The Kier molecular flexibility index (Phi) is 6.63. The van der Waals surface area contributed by atoms with Crippen LogP contribution in [0.15, 0.2) is 17.5 Å². The molecule has 0 spiro atoms. The summed E-state index contributed by atoms with van der Waals surface area (Å²) in [7, 11) is 0. The molecule has 1 fully saturated rings. The molecule has 12 nitrogen and oxygen atoms in total. The molecule has 2 aliphatic rings. The highest BCUT2D eigenvalue weighted by Crippen LogP contribution is 2.38. The summed E-state index contributed by atoms with van der Waals surface area (Å²) >= 11 is 9.03. The van der Waals surface area contributed by atoms with Crippen molar-refractivity contribution in [2.75, 3.05) is 44.4 Å². The summed E-state index contributed by atoms with van der Waals surface area (Å²) in [6.07, 6.45) is 0.528. The number of carboxylic acid groups (broad SMARTS) is 1.